The van der Waals surface area contributed by atoms with E-state index in [1.807, 2.05) is 12.1 Å². The molecule has 0 spiro atoms. The summed E-state index contributed by atoms with van der Waals surface area (Å²) in [6.45, 7) is 4.05. The molecule has 1 unspecified atom stereocenters. The number of aryl methyl sites for hydroxylation is 1. The minimum Gasteiger partial charge on any atom is -0.313 e. The van der Waals surface area contributed by atoms with E-state index in [0.29, 0.717) is 13.1 Å². The van der Waals surface area contributed by atoms with Gasteiger partial charge in [0.25, 0.3) is 0 Å². The largest absolute Gasteiger partial charge is 0.313 e. The number of nitrogens with zero attached hydrogens (tertiary/aromatic N) is 1. The first-order chi connectivity index (χ1) is 8.52. The Hall–Kier alpha value is -0.910. The molecule has 0 saturated carbocycles. The van der Waals surface area contributed by atoms with Gasteiger partial charge in [0.05, 0.1) is 12.3 Å². The van der Waals surface area contributed by atoms with Crippen molar-refractivity contribution in [1.82, 2.24) is 9.62 Å². The van der Waals surface area contributed by atoms with Gasteiger partial charge >= 0.3 is 0 Å². The zero-order valence-corrected chi connectivity index (χ0v) is 11.7. The number of sulfonamides is 1. The molecule has 0 radical (unpaired) electrons. The number of benzene rings is 1. The summed E-state index contributed by atoms with van der Waals surface area (Å²) in [4.78, 5) is 0. The molecule has 1 heterocycles. The Morgan fingerprint density at radius 3 is 2.56 bits per heavy atom. The van der Waals surface area contributed by atoms with Gasteiger partial charge in [-0.3, -0.25) is 0 Å². The zero-order chi connectivity index (χ0) is 13.2. The van der Waals surface area contributed by atoms with E-state index in [1.165, 1.54) is 11.8 Å². The Morgan fingerprint density at radius 1 is 1.33 bits per heavy atom. The van der Waals surface area contributed by atoms with Crippen molar-refractivity contribution < 1.29 is 8.42 Å². The quantitative estimate of drug-likeness (QED) is 0.895. The Balaban J connectivity index is 2.28. The van der Waals surface area contributed by atoms with E-state index in [0.717, 1.165) is 18.5 Å². The second-order valence-electron chi connectivity index (χ2n) is 4.69. The molecule has 2 rings (SSSR count). The molecule has 4 nitrogen and oxygen atoms in total. The molecule has 1 N–H and O–H groups in total. The van der Waals surface area contributed by atoms with Crippen LogP contribution >= 0.6 is 0 Å². The lowest BCUT2D eigenvalue weighted by Crippen LogP contribution is -2.48. The lowest BCUT2D eigenvalue weighted by Gasteiger charge is -2.34. The Kier molecular flexibility index (Phi) is 4.04. The van der Waals surface area contributed by atoms with E-state index in [9.17, 15) is 8.42 Å². The second-order valence-corrected chi connectivity index (χ2v) is 6.62. The van der Waals surface area contributed by atoms with Gasteiger partial charge in [-0.25, -0.2) is 8.42 Å². The minimum absolute atomic E-state index is 0.0837. The van der Waals surface area contributed by atoms with Crippen molar-refractivity contribution in [3.63, 3.8) is 0 Å². The topological polar surface area (TPSA) is 49.4 Å². The van der Waals surface area contributed by atoms with Crippen molar-refractivity contribution in [3.05, 3.63) is 35.4 Å². The van der Waals surface area contributed by atoms with E-state index in [-0.39, 0.29) is 6.04 Å². The van der Waals surface area contributed by atoms with E-state index < -0.39 is 10.0 Å². The van der Waals surface area contributed by atoms with Gasteiger partial charge < -0.3 is 5.32 Å². The summed E-state index contributed by atoms with van der Waals surface area (Å²) in [6.07, 6.45) is 2.28. The number of hydrogen-bond donors (Lipinski definition) is 1. The van der Waals surface area contributed by atoms with Crippen molar-refractivity contribution in [3.8, 4) is 0 Å². The Morgan fingerprint density at radius 2 is 2.00 bits per heavy atom. The smallest absolute Gasteiger partial charge is 0.211 e. The van der Waals surface area contributed by atoms with Gasteiger partial charge in [0, 0.05) is 19.6 Å². The van der Waals surface area contributed by atoms with Crippen LogP contribution in [0.5, 0.6) is 0 Å². The molecule has 0 bridgehead atoms. The van der Waals surface area contributed by atoms with Gasteiger partial charge in [0.1, 0.15) is 0 Å². The van der Waals surface area contributed by atoms with Crippen LogP contribution in [0.1, 0.15) is 24.1 Å². The lowest BCUT2D eigenvalue weighted by atomic mass is 10.0. The van der Waals surface area contributed by atoms with Crippen LogP contribution in [0, 0.1) is 0 Å². The summed E-state index contributed by atoms with van der Waals surface area (Å²) < 4.78 is 25.2. The first-order valence-corrected chi connectivity index (χ1v) is 8.13. The fourth-order valence-electron chi connectivity index (χ4n) is 2.34. The number of nitrogens with one attached hydrogen (secondary N) is 1. The van der Waals surface area contributed by atoms with Gasteiger partial charge in [-0.15, -0.1) is 0 Å². The Labute approximate surface area is 109 Å². The lowest BCUT2D eigenvalue weighted by molar-refractivity contribution is 0.273. The molecule has 1 aliphatic rings. The van der Waals surface area contributed by atoms with E-state index in [4.69, 9.17) is 0 Å². The summed E-state index contributed by atoms with van der Waals surface area (Å²) in [5.41, 5.74) is 2.33. The normalized spacial score (nSPS) is 22.0. The molecule has 5 heteroatoms. The fraction of sp³-hybridized carbons (Fsp3) is 0.538. The summed E-state index contributed by atoms with van der Waals surface area (Å²) >= 11 is 0. The highest BCUT2D eigenvalue weighted by atomic mass is 32.2. The van der Waals surface area contributed by atoms with E-state index in [2.05, 4.69) is 24.4 Å². The van der Waals surface area contributed by atoms with Crippen LogP contribution < -0.4 is 5.32 Å². The second kappa shape index (κ2) is 5.38. The third-order valence-electron chi connectivity index (χ3n) is 3.39. The standard InChI is InChI=1S/C13H20N2O2S/c1-3-11-4-6-12(7-5-11)13-10-14-8-9-15(13)18(2,16)17/h4-7,13-14H,3,8-10H2,1-2H3. The van der Waals surface area contributed by atoms with Gasteiger partial charge in [0.2, 0.25) is 10.0 Å². The van der Waals surface area contributed by atoms with Crippen molar-refractivity contribution >= 4 is 10.0 Å². The Bertz CT molecular complexity index is 496. The average molecular weight is 268 g/mol. The molecule has 1 saturated heterocycles. The highest BCUT2D eigenvalue weighted by Crippen LogP contribution is 2.24. The van der Waals surface area contributed by atoms with Gasteiger partial charge in [0.15, 0.2) is 0 Å². The molecule has 1 fully saturated rings. The van der Waals surface area contributed by atoms with Crippen LogP contribution in [0.4, 0.5) is 0 Å². The van der Waals surface area contributed by atoms with Gasteiger partial charge in [-0.2, -0.15) is 4.31 Å². The molecule has 0 amide bonds. The van der Waals surface area contributed by atoms with Crippen LogP contribution in [0.3, 0.4) is 0 Å². The van der Waals surface area contributed by atoms with E-state index in [1.54, 1.807) is 4.31 Å². The summed E-state index contributed by atoms with van der Waals surface area (Å²) in [5, 5.41) is 3.26. The third kappa shape index (κ3) is 2.91. The number of hydrogen-bond acceptors (Lipinski definition) is 3. The van der Waals surface area contributed by atoms with Crippen LogP contribution in [-0.2, 0) is 16.4 Å². The maximum absolute atomic E-state index is 11.8. The van der Waals surface area contributed by atoms with Crippen LogP contribution in [-0.4, -0.2) is 38.6 Å². The summed E-state index contributed by atoms with van der Waals surface area (Å²) in [6, 6.07) is 8.14. The predicted octanol–water partition coefficient (Wildman–Crippen LogP) is 1.15. The average Bonchev–Trinajstić information content (AvgIpc) is 2.38. The molecule has 0 aromatic heterocycles. The van der Waals surface area contributed by atoms with Crippen molar-refractivity contribution in [2.45, 2.75) is 19.4 Å². The van der Waals surface area contributed by atoms with Crippen molar-refractivity contribution in [1.29, 1.82) is 0 Å². The number of rotatable bonds is 3. The molecule has 1 aromatic carbocycles. The fourth-order valence-corrected chi connectivity index (χ4v) is 3.42. The molecule has 1 atom stereocenters. The van der Waals surface area contributed by atoms with E-state index >= 15 is 0 Å². The summed E-state index contributed by atoms with van der Waals surface area (Å²) in [7, 11) is -3.15. The molecular formula is C13H20N2O2S. The van der Waals surface area contributed by atoms with Crippen molar-refractivity contribution in [2.75, 3.05) is 25.9 Å². The molecule has 18 heavy (non-hydrogen) atoms. The monoisotopic (exact) mass is 268 g/mol. The van der Waals surface area contributed by atoms with Gasteiger partial charge in [-0.05, 0) is 17.5 Å². The molecular weight excluding hydrogens is 248 g/mol. The van der Waals surface area contributed by atoms with Gasteiger partial charge in [-0.1, -0.05) is 31.2 Å². The predicted molar refractivity (Wildman–Crippen MR) is 73.0 cm³/mol. The van der Waals surface area contributed by atoms with Crippen LogP contribution in [0.2, 0.25) is 0 Å². The zero-order valence-electron chi connectivity index (χ0n) is 10.9. The maximum Gasteiger partial charge on any atom is 0.211 e. The SMILES string of the molecule is CCc1ccc(C2CNCCN2S(C)(=O)=O)cc1. The van der Waals surface area contributed by atoms with Crippen LogP contribution in [0.15, 0.2) is 24.3 Å². The molecule has 1 aromatic rings. The highest BCUT2D eigenvalue weighted by molar-refractivity contribution is 7.88. The first-order valence-electron chi connectivity index (χ1n) is 6.28. The first kappa shape index (κ1) is 13.5. The van der Waals surface area contributed by atoms with Crippen LogP contribution in [0.25, 0.3) is 0 Å². The number of piperazine rings is 1. The molecule has 0 aliphatic carbocycles. The highest BCUT2D eigenvalue weighted by Gasteiger charge is 2.30. The maximum atomic E-state index is 11.8. The summed E-state index contributed by atoms with van der Waals surface area (Å²) in [5.74, 6) is 0. The van der Waals surface area contributed by atoms with Crippen molar-refractivity contribution in [2.24, 2.45) is 0 Å². The molecule has 1 aliphatic heterocycles. The molecule has 100 valence electrons. The minimum atomic E-state index is -3.15. The third-order valence-corrected chi connectivity index (χ3v) is 4.68.